The van der Waals surface area contributed by atoms with Crippen molar-refractivity contribution in [3.8, 4) is 33.8 Å². The van der Waals surface area contributed by atoms with Crippen molar-refractivity contribution in [2.45, 2.75) is 32.5 Å². The molecule has 0 saturated carbocycles. The number of aromatic hydroxyl groups is 1. The number of benzene rings is 11. The van der Waals surface area contributed by atoms with E-state index in [1.165, 1.54) is 12.1 Å². The summed E-state index contributed by atoms with van der Waals surface area (Å²) < 4.78 is 76.9. The Morgan fingerprint density at radius 2 is 0.760 bits per heavy atom. The molecule has 15 nitrogen and oxygen atoms in total. The molecule has 498 valence electrons. The van der Waals surface area contributed by atoms with E-state index in [-0.39, 0.29) is 30.9 Å². The fourth-order valence-corrected chi connectivity index (χ4v) is 13.0. The van der Waals surface area contributed by atoms with Crippen LogP contribution >= 0.6 is 0 Å². The minimum Gasteiger partial charge on any atom is -0.748 e. The van der Waals surface area contributed by atoms with Gasteiger partial charge in [0.1, 0.15) is 31.2 Å². The molecule has 13 rings (SSSR count). The van der Waals surface area contributed by atoms with Crippen LogP contribution in [-0.4, -0.2) is 47.5 Å². The number of aryl methyl sites for hydroxylation is 2. The lowest BCUT2D eigenvalue weighted by atomic mass is 10.0. The van der Waals surface area contributed by atoms with Gasteiger partial charge in [-0.3, -0.25) is 10.1 Å². The summed E-state index contributed by atoms with van der Waals surface area (Å²) in [6.45, 7) is 1.02. The van der Waals surface area contributed by atoms with Gasteiger partial charge < -0.3 is 28.7 Å². The third kappa shape index (κ3) is 17.5. The maximum absolute atomic E-state index is 11.2. The predicted molar refractivity (Wildman–Crippen MR) is 397 cm³/mol. The Hall–Kier alpha value is -11.9. The van der Waals surface area contributed by atoms with E-state index in [0.29, 0.717) is 24.4 Å². The zero-order valence-corrected chi connectivity index (χ0v) is 55.9. The molecule has 1 N–H and O–H groups in total. The normalized spacial score (nSPS) is 11.6. The number of rotatable bonds is 24. The third-order valence-electron chi connectivity index (χ3n) is 16.9. The molecule has 0 bridgehead atoms. The SMILES string of the molecule is O=S(=O)([O-])CCC[n+]1ccc(/C=C/c2ccc(-c3ccc(N(c4ccccc4)c4ccccc4)cc3)cc2O)c2ccccc21.O=[N+]([O-])c1ccc(COc2cc(-c3ccc(N(c4ccccc4)c4ccccc4)cc3)ccc2/C=C/c2cc[n+](CCCS(=O)(=O)[O-])c3ccccc23)cc1. The summed E-state index contributed by atoms with van der Waals surface area (Å²) in [6, 6.07) is 95.4. The van der Waals surface area contributed by atoms with Gasteiger partial charge in [0.25, 0.3) is 5.69 Å². The number of phenols is 1. The minimum atomic E-state index is -4.29. The molecule has 2 heterocycles. The highest BCUT2D eigenvalue weighted by Gasteiger charge is 2.18. The number of fused-ring (bicyclic) bond motifs is 2. The van der Waals surface area contributed by atoms with Crippen LogP contribution < -0.4 is 23.7 Å². The van der Waals surface area contributed by atoms with E-state index in [4.69, 9.17) is 4.74 Å². The van der Waals surface area contributed by atoms with Crippen molar-refractivity contribution in [1.82, 2.24) is 0 Å². The number of ether oxygens (including phenoxy) is 1. The highest BCUT2D eigenvalue weighted by atomic mass is 32.2. The zero-order valence-electron chi connectivity index (χ0n) is 54.3. The molecule has 13 aromatic rings. The predicted octanol–water partition coefficient (Wildman–Crippen LogP) is 17.9. The molecule has 100 heavy (non-hydrogen) atoms. The molecule has 0 aliphatic carbocycles. The van der Waals surface area contributed by atoms with Crippen molar-refractivity contribution >= 4 is 106 Å². The minimum absolute atomic E-state index is 0.0164. The molecular weight excluding hydrogens is 1290 g/mol. The third-order valence-corrected chi connectivity index (χ3v) is 18.5. The fourth-order valence-electron chi connectivity index (χ4n) is 12.0. The molecule has 0 unspecified atom stereocenters. The van der Waals surface area contributed by atoms with Crippen LogP contribution in [0.25, 0.3) is 68.4 Å². The largest absolute Gasteiger partial charge is 0.748 e. The number of pyridine rings is 2. The van der Waals surface area contributed by atoms with Crippen molar-refractivity contribution in [3.05, 3.63) is 342 Å². The molecule has 0 radical (unpaired) electrons. The molecule has 0 amide bonds. The molecule has 0 spiro atoms. The van der Waals surface area contributed by atoms with Gasteiger partial charge in [0.05, 0.1) is 35.9 Å². The zero-order chi connectivity index (χ0) is 69.4. The molecule has 17 heteroatoms. The number of hydrogen-bond donors (Lipinski definition) is 1. The van der Waals surface area contributed by atoms with Crippen LogP contribution in [0, 0.1) is 10.1 Å². The number of hydrogen-bond acceptors (Lipinski definition) is 12. The maximum Gasteiger partial charge on any atom is 0.269 e. The lowest BCUT2D eigenvalue weighted by Gasteiger charge is -2.25. The van der Waals surface area contributed by atoms with Crippen molar-refractivity contribution in [1.29, 1.82) is 0 Å². The highest BCUT2D eigenvalue weighted by Crippen LogP contribution is 2.39. The van der Waals surface area contributed by atoms with E-state index in [1.807, 2.05) is 204 Å². The quantitative estimate of drug-likeness (QED) is 0.0260. The Kier molecular flexibility index (Phi) is 21.5. The molecular formula is C83H69N5O10S2. The van der Waals surface area contributed by atoms with E-state index in [9.17, 15) is 41.2 Å². The second-order valence-corrected chi connectivity index (χ2v) is 26.8. The first-order chi connectivity index (χ1) is 48.6. The van der Waals surface area contributed by atoms with Crippen LogP contribution in [0.1, 0.15) is 40.7 Å². The Labute approximate surface area is 581 Å². The number of non-ortho nitro benzene ring substituents is 1. The van der Waals surface area contributed by atoms with Gasteiger partial charge in [-0.1, -0.05) is 170 Å². The summed E-state index contributed by atoms with van der Waals surface area (Å²) in [5.74, 6) is 0.00557. The molecule has 0 aliphatic heterocycles. The first kappa shape index (κ1) is 68.1. The summed E-state index contributed by atoms with van der Waals surface area (Å²) in [5, 5.41) is 24.1. The molecule has 2 aromatic heterocycles. The van der Waals surface area contributed by atoms with Crippen LogP contribution in [-0.2, 0) is 39.9 Å². The summed E-state index contributed by atoms with van der Waals surface area (Å²) >= 11 is 0. The van der Waals surface area contributed by atoms with Crippen molar-refractivity contribution in [2.24, 2.45) is 0 Å². The lowest BCUT2D eigenvalue weighted by Crippen LogP contribution is -2.35. The molecule has 0 saturated heterocycles. The maximum atomic E-state index is 11.2. The van der Waals surface area contributed by atoms with E-state index < -0.39 is 36.7 Å². The summed E-state index contributed by atoms with van der Waals surface area (Å²) in [4.78, 5) is 15.2. The van der Waals surface area contributed by atoms with Gasteiger partial charge in [-0.15, -0.1) is 0 Å². The van der Waals surface area contributed by atoms with Crippen LogP contribution in [0.15, 0.2) is 304 Å². The Bertz CT molecular complexity index is 5210. The van der Waals surface area contributed by atoms with E-state index >= 15 is 0 Å². The number of phenolic OH excluding ortho intramolecular Hbond substituents is 1. The number of aromatic nitrogens is 2. The van der Waals surface area contributed by atoms with Gasteiger partial charge >= 0.3 is 0 Å². The van der Waals surface area contributed by atoms with Crippen LogP contribution in [0.2, 0.25) is 0 Å². The van der Waals surface area contributed by atoms with Gasteiger partial charge in [0.2, 0.25) is 11.0 Å². The highest BCUT2D eigenvalue weighted by molar-refractivity contribution is 7.85. The molecule has 11 aromatic carbocycles. The van der Waals surface area contributed by atoms with Crippen LogP contribution in [0.3, 0.4) is 0 Å². The van der Waals surface area contributed by atoms with Gasteiger partial charge in [-0.25, -0.2) is 16.8 Å². The summed E-state index contributed by atoms with van der Waals surface area (Å²) in [5.41, 5.74) is 16.3. The smallest absolute Gasteiger partial charge is 0.269 e. The van der Waals surface area contributed by atoms with Gasteiger partial charge in [-0.2, -0.15) is 9.13 Å². The average molecular weight is 1360 g/mol. The first-order valence-electron chi connectivity index (χ1n) is 32.5. The number of nitrogens with zero attached hydrogens (tertiary/aromatic N) is 5. The van der Waals surface area contributed by atoms with Crippen LogP contribution in [0.4, 0.5) is 39.8 Å². The molecule has 0 fully saturated rings. The number of nitro groups is 1. The van der Waals surface area contributed by atoms with Crippen molar-refractivity contribution in [3.63, 3.8) is 0 Å². The molecule has 0 atom stereocenters. The number of anilines is 6. The van der Waals surface area contributed by atoms with E-state index in [2.05, 4.69) is 113 Å². The standard InChI is InChI=1S/C45H37N3O6S.C38H32N2O4S/c49-48(50)42-24-16-34(17-25-42)33-54-45-32-38(35-22-26-41(27-23-35)47(39-10-3-1-4-11-39)40-12-5-2-6-13-40)21-20-37(45)19-18-36-28-30-46(29-9-31-55(51,52)53)44-15-8-7-14-43(36)44;41-38-28-32(29-20-22-35(23-21-29)40(33-10-3-1-4-11-33)34-12-5-2-6-13-34)19-18-31(38)17-16-30-24-26-39(25-9-27-45(42,43)44)37-15-8-7-14-36(30)37/h1-8,10-28,30,32H,9,29,31,33H2;1-8,10-24,26,28H,9,25,27H2,(H,42,43,44). The summed E-state index contributed by atoms with van der Waals surface area (Å²) in [7, 11) is -8.54. The monoisotopic (exact) mass is 1360 g/mol. The molecule has 0 aliphatic rings. The second kappa shape index (κ2) is 31.6. The number of para-hydroxylation sites is 6. The fraction of sp³-hybridized carbons (Fsp3) is 0.0843. The topological polar surface area (TPSA) is 201 Å². The average Bonchev–Trinajstić information content (AvgIpc) is 0.817. The van der Waals surface area contributed by atoms with Gasteiger partial charge in [-0.05, 0) is 148 Å². The van der Waals surface area contributed by atoms with E-state index in [1.54, 1.807) is 18.2 Å². The Morgan fingerprint density at radius 3 is 1.17 bits per heavy atom. The van der Waals surface area contributed by atoms with E-state index in [0.717, 1.165) is 100 Å². The number of nitro benzene ring substituents is 1. The van der Waals surface area contributed by atoms with Gasteiger partial charge in [0.15, 0.2) is 12.4 Å². The summed E-state index contributed by atoms with van der Waals surface area (Å²) in [6.07, 6.45) is 12.1. The lowest BCUT2D eigenvalue weighted by molar-refractivity contribution is -0.671. The van der Waals surface area contributed by atoms with Crippen molar-refractivity contribution < 1.29 is 49.8 Å². The van der Waals surface area contributed by atoms with Crippen molar-refractivity contribution in [2.75, 3.05) is 21.3 Å². The first-order valence-corrected chi connectivity index (χ1v) is 35.6. The van der Waals surface area contributed by atoms with Crippen LogP contribution in [0.5, 0.6) is 11.5 Å². The Balaban J connectivity index is 0.000000193. The Morgan fingerprint density at radius 1 is 0.400 bits per heavy atom. The van der Waals surface area contributed by atoms with Gasteiger partial charge in [0, 0.05) is 106 Å². The second-order valence-electron chi connectivity index (χ2n) is 23.7.